The average molecular weight is 439 g/mol. The number of fused-ring (bicyclic) bond motifs is 1. The molecule has 3 saturated heterocycles. The Morgan fingerprint density at radius 3 is 2.40 bits per heavy atom. The van der Waals surface area contributed by atoms with Crippen molar-refractivity contribution in [1.82, 2.24) is 20.0 Å². The number of urea groups is 2. The summed E-state index contributed by atoms with van der Waals surface area (Å²) in [5.74, 6) is -0.347. The topological polar surface area (TPSA) is 73.0 Å². The van der Waals surface area contributed by atoms with Gasteiger partial charge in [-0.25, -0.2) is 18.9 Å². The number of likely N-dealkylation sites (tertiary alicyclic amines) is 1. The van der Waals surface area contributed by atoms with Crippen LogP contribution in [-0.2, 0) is 0 Å². The van der Waals surface area contributed by atoms with Gasteiger partial charge in [0.2, 0.25) is 0 Å². The molecule has 1 N–H and O–H groups in total. The third-order valence-corrected chi connectivity index (χ3v) is 6.24. The van der Waals surface area contributed by atoms with Crippen molar-refractivity contribution in [2.45, 2.75) is 38.3 Å². The molecular weight excluding hydrogens is 411 g/mol. The zero-order valence-corrected chi connectivity index (χ0v) is 17.7. The van der Waals surface area contributed by atoms with Crippen LogP contribution in [0.4, 0.5) is 14.0 Å². The Balaban J connectivity index is 0.00000256. The number of amides is 4. The molecular formula is C21H28ClFN4O3. The fraction of sp³-hybridized carbons (Fsp3) is 0.571. The molecule has 0 radical (unpaired) electrons. The number of hydrogen-bond donors (Lipinski definition) is 1. The molecule has 3 fully saturated rings. The van der Waals surface area contributed by atoms with Gasteiger partial charge >= 0.3 is 12.1 Å². The van der Waals surface area contributed by atoms with Crippen molar-refractivity contribution in [3.63, 3.8) is 0 Å². The summed E-state index contributed by atoms with van der Waals surface area (Å²) in [6, 6.07) is 5.21. The van der Waals surface area contributed by atoms with Crippen LogP contribution in [0.5, 0.6) is 0 Å². The van der Waals surface area contributed by atoms with Crippen molar-refractivity contribution in [2.75, 3.05) is 32.7 Å². The monoisotopic (exact) mass is 438 g/mol. The van der Waals surface area contributed by atoms with Crippen molar-refractivity contribution in [2.24, 2.45) is 5.92 Å². The van der Waals surface area contributed by atoms with Crippen molar-refractivity contribution in [3.05, 3.63) is 35.6 Å². The maximum atomic E-state index is 13.1. The zero-order valence-electron chi connectivity index (χ0n) is 16.9. The van der Waals surface area contributed by atoms with E-state index in [4.69, 9.17) is 0 Å². The molecule has 3 heterocycles. The highest BCUT2D eigenvalue weighted by Crippen LogP contribution is 2.23. The van der Waals surface area contributed by atoms with Crippen LogP contribution >= 0.6 is 12.4 Å². The predicted molar refractivity (Wildman–Crippen MR) is 112 cm³/mol. The second-order valence-corrected chi connectivity index (χ2v) is 8.08. The number of nitrogens with one attached hydrogen (secondary N) is 1. The van der Waals surface area contributed by atoms with Crippen LogP contribution in [0.3, 0.4) is 0 Å². The Labute approximate surface area is 182 Å². The minimum atomic E-state index is -0.344. The van der Waals surface area contributed by atoms with E-state index < -0.39 is 0 Å². The number of halogens is 2. The summed E-state index contributed by atoms with van der Waals surface area (Å²) < 4.78 is 13.1. The van der Waals surface area contributed by atoms with Crippen LogP contribution in [0.15, 0.2) is 24.3 Å². The lowest BCUT2D eigenvalue weighted by atomic mass is 9.89. The van der Waals surface area contributed by atoms with Gasteiger partial charge in [-0.3, -0.25) is 4.79 Å². The van der Waals surface area contributed by atoms with Gasteiger partial charge in [0.25, 0.3) is 0 Å². The molecule has 0 spiro atoms. The highest BCUT2D eigenvalue weighted by Gasteiger charge is 2.39. The smallest absolute Gasteiger partial charge is 0.317 e. The molecule has 3 aliphatic rings. The highest BCUT2D eigenvalue weighted by molar-refractivity contribution is 5.98. The Hall–Kier alpha value is -2.19. The summed E-state index contributed by atoms with van der Waals surface area (Å²) in [6.07, 6.45) is 4.12. The summed E-state index contributed by atoms with van der Waals surface area (Å²) in [7, 11) is 0. The lowest BCUT2D eigenvalue weighted by Gasteiger charge is -2.44. The second kappa shape index (κ2) is 9.75. The van der Waals surface area contributed by atoms with E-state index in [2.05, 4.69) is 10.2 Å². The summed E-state index contributed by atoms with van der Waals surface area (Å²) in [5, 5.41) is 2.93. The quantitative estimate of drug-likeness (QED) is 0.717. The van der Waals surface area contributed by atoms with Gasteiger partial charge in [-0.05, 0) is 69.5 Å². The number of nitrogens with zero attached hydrogens (tertiary/aromatic N) is 3. The molecule has 1 aromatic carbocycles. The number of rotatable bonds is 5. The van der Waals surface area contributed by atoms with Crippen molar-refractivity contribution in [1.29, 1.82) is 0 Å². The molecule has 9 heteroatoms. The molecule has 0 bridgehead atoms. The van der Waals surface area contributed by atoms with Gasteiger partial charge < -0.3 is 15.1 Å². The van der Waals surface area contributed by atoms with Gasteiger partial charge in [0.1, 0.15) is 12.0 Å². The average Bonchev–Trinajstić information content (AvgIpc) is 2.74. The Bertz CT molecular complexity index is 783. The molecule has 3 aliphatic heterocycles. The van der Waals surface area contributed by atoms with E-state index in [9.17, 15) is 18.8 Å². The van der Waals surface area contributed by atoms with E-state index in [1.165, 1.54) is 17.0 Å². The van der Waals surface area contributed by atoms with E-state index in [0.29, 0.717) is 25.2 Å². The van der Waals surface area contributed by atoms with E-state index in [1.807, 2.05) is 0 Å². The predicted octanol–water partition coefficient (Wildman–Crippen LogP) is 3.10. The van der Waals surface area contributed by atoms with Gasteiger partial charge in [-0.15, -0.1) is 12.4 Å². The third-order valence-electron chi connectivity index (χ3n) is 6.24. The number of hydrogen-bond acceptors (Lipinski definition) is 4. The minimum Gasteiger partial charge on any atom is -0.317 e. The van der Waals surface area contributed by atoms with E-state index in [0.717, 1.165) is 45.2 Å². The first kappa shape index (κ1) is 22.5. The van der Waals surface area contributed by atoms with Crippen LogP contribution in [0.1, 0.15) is 42.5 Å². The van der Waals surface area contributed by atoms with E-state index in [-0.39, 0.29) is 48.2 Å². The minimum absolute atomic E-state index is 0. The summed E-state index contributed by atoms with van der Waals surface area (Å²) in [6.45, 7) is 3.14. The number of benzene rings is 1. The number of carbonyl (C=O) groups excluding carboxylic acids is 3. The van der Waals surface area contributed by atoms with Crippen LogP contribution in [0, 0.1) is 11.7 Å². The molecule has 0 aliphatic carbocycles. The van der Waals surface area contributed by atoms with Gasteiger partial charge in [0.15, 0.2) is 5.78 Å². The fourth-order valence-corrected chi connectivity index (χ4v) is 4.48. The molecule has 0 saturated carbocycles. The first-order chi connectivity index (χ1) is 14.0. The van der Waals surface area contributed by atoms with Crippen LogP contribution in [0.25, 0.3) is 0 Å². The van der Waals surface area contributed by atoms with Gasteiger partial charge in [0.05, 0.1) is 0 Å². The number of carbonyl (C=O) groups is 3. The normalized spacial score (nSPS) is 22.9. The van der Waals surface area contributed by atoms with Crippen molar-refractivity contribution in [3.8, 4) is 0 Å². The molecule has 0 aromatic heterocycles. The summed E-state index contributed by atoms with van der Waals surface area (Å²) >= 11 is 0. The first-order valence-corrected chi connectivity index (χ1v) is 10.4. The second-order valence-electron chi connectivity index (χ2n) is 8.08. The molecule has 30 heavy (non-hydrogen) atoms. The van der Waals surface area contributed by atoms with Gasteiger partial charge in [0, 0.05) is 31.1 Å². The Morgan fingerprint density at radius 2 is 1.70 bits per heavy atom. The van der Waals surface area contributed by atoms with Crippen LogP contribution < -0.4 is 5.32 Å². The third kappa shape index (κ3) is 4.75. The maximum absolute atomic E-state index is 13.1. The number of piperidine rings is 2. The van der Waals surface area contributed by atoms with E-state index in [1.54, 1.807) is 17.0 Å². The maximum Gasteiger partial charge on any atom is 0.329 e. The standard InChI is InChI=1S/C21H27FN4O3.ClH/c22-17-6-4-15(5-7-17)19(27)16-8-11-24(12-9-16)13-14-26-20(28)23-18-3-1-2-10-25(18)21(26)29;/h4-7,16,18H,1-3,8-14H2,(H,23,28);1H. The van der Waals surface area contributed by atoms with Crippen molar-refractivity contribution < 1.29 is 18.8 Å². The van der Waals surface area contributed by atoms with Crippen LogP contribution in [-0.4, -0.2) is 71.4 Å². The zero-order chi connectivity index (χ0) is 20.4. The molecule has 1 atom stereocenters. The molecule has 4 amide bonds. The number of Topliss-reactive ketones (excluding diaryl/α,β-unsaturated/α-hetero) is 1. The highest BCUT2D eigenvalue weighted by atomic mass is 35.5. The molecule has 1 unspecified atom stereocenters. The summed E-state index contributed by atoms with van der Waals surface area (Å²) in [5.41, 5.74) is 0.552. The molecule has 7 nitrogen and oxygen atoms in total. The van der Waals surface area contributed by atoms with Gasteiger partial charge in [-0.1, -0.05) is 0 Å². The van der Waals surface area contributed by atoms with Crippen molar-refractivity contribution >= 4 is 30.3 Å². The Kier molecular flexibility index (Phi) is 7.31. The lowest BCUT2D eigenvalue weighted by Crippen LogP contribution is -2.66. The number of imide groups is 1. The lowest BCUT2D eigenvalue weighted by molar-refractivity contribution is 0.0759. The molecule has 4 rings (SSSR count). The molecule has 164 valence electrons. The van der Waals surface area contributed by atoms with Gasteiger partial charge in [-0.2, -0.15) is 0 Å². The van der Waals surface area contributed by atoms with E-state index >= 15 is 0 Å². The fourth-order valence-electron chi connectivity index (χ4n) is 4.48. The largest absolute Gasteiger partial charge is 0.329 e. The molecule has 1 aromatic rings. The Morgan fingerprint density at radius 1 is 1.00 bits per heavy atom. The van der Waals surface area contributed by atoms with Crippen LogP contribution in [0.2, 0.25) is 0 Å². The SMILES string of the molecule is Cl.O=C(c1ccc(F)cc1)C1CCN(CCN2C(=O)NC3CCCCN3C2=O)CC1. The summed E-state index contributed by atoms with van der Waals surface area (Å²) in [4.78, 5) is 42.8. The first-order valence-electron chi connectivity index (χ1n) is 10.4. The number of ketones is 1.